The SMILES string of the molecule is CC(NCCc1ccco1)c1cc(F)cc(F)c1. The molecule has 0 radical (unpaired) electrons. The van der Waals surface area contributed by atoms with Gasteiger partial charge >= 0.3 is 0 Å². The smallest absolute Gasteiger partial charge is 0.126 e. The monoisotopic (exact) mass is 251 g/mol. The number of halogens is 2. The second kappa shape index (κ2) is 5.78. The number of benzene rings is 1. The van der Waals surface area contributed by atoms with Crippen LogP contribution in [0.15, 0.2) is 41.0 Å². The number of furan rings is 1. The third-order valence-electron chi connectivity index (χ3n) is 2.79. The fraction of sp³-hybridized carbons (Fsp3) is 0.286. The Balaban J connectivity index is 1.89. The molecule has 1 atom stereocenters. The largest absolute Gasteiger partial charge is 0.469 e. The molecule has 0 amide bonds. The predicted molar refractivity (Wildman–Crippen MR) is 65.2 cm³/mol. The van der Waals surface area contributed by atoms with Gasteiger partial charge in [0.1, 0.15) is 17.4 Å². The molecule has 1 aromatic carbocycles. The summed E-state index contributed by atoms with van der Waals surface area (Å²) in [6.45, 7) is 2.56. The molecular formula is C14H15F2NO. The summed E-state index contributed by atoms with van der Waals surface area (Å²) < 4.78 is 31.3. The van der Waals surface area contributed by atoms with Crippen molar-refractivity contribution in [3.63, 3.8) is 0 Å². The topological polar surface area (TPSA) is 25.2 Å². The van der Waals surface area contributed by atoms with Crippen molar-refractivity contribution in [2.45, 2.75) is 19.4 Å². The Kier molecular flexibility index (Phi) is 4.10. The van der Waals surface area contributed by atoms with Gasteiger partial charge in [0.15, 0.2) is 0 Å². The zero-order chi connectivity index (χ0) is 13.0. The van der Waals surface area contributed by atoms with Crippen LogP contribution in [0.1, 0.15) is 24.3 Å². The molecule has 1 aromatic heterocycles. The van der Waals surface area contributed by atoms with Crippen LogP contribution in [0.25, 0.3) is 0 Å². The van der Waals surface area contributed by atoms with Gasteiger partial charge in [0.05, 0.1) is 6.26 Å². The van der Waals surface area contributed by atoms with Crippen LogP contribution in [0, 0.1) is 11.6 Å². The summed E-state index contributed by atoms with van der Waals surface area (Å²) in [5, 5.41) is 3.20. The third-order valence-corrected chi connectivity index (χ3v) is 2.79. The normalized spacial score (nSPS) is 12.6. The van der Waals surface area contributed by atoms with E-state index < -0.39 is 11.6 Å². The first-order valence-electron chi connectivity index (χ1n) is 5.87. The first-order valence-corrected chi connectivity index (χ1v) is 5.87. The second-order valence-electron chi connectivity index (χ2n) is 4.21. The maximum absolute atomic E-state index is 13.1. The molecule has 4 heteroatoms. The molecular weight excluding hydrogens is 236 g/mol. The molecule has 0 aliphatic rings. The minimum atomic E-state index is -0.551. The first-order chi connectivity index (χ1) is 8.65. The fourth-order valence-corrected chi connectivity index (χ4v) is 1.81. The van der Waals surface area contributed by atoms with E-state index in [0.717, 1.165) is 18.2 Å². The Morgan fingerprint density at radius 2 is 1.94 bits per heavy atom. The van der Waals surface area contributed by atoms with Crippen LogP contribution < -0.4 is 5.32 Å². The third kappa shape index (κ3) is 3.40. The van der Waals surface area contributed by atoms with E-state index in [1.807, 2.05) is 19.1 Å². The van der Waals surface area contributed by atoms with Crippen molar-refractivity contribution in [2.24, 2.45) is 0 Å². The summed E-state index contributed by atoms with van der Waals surface area (Å²) in [6.07, 6.45) is 2.37. The average Bonchev–Trinajstić information content (AvgIpc) is 2.80. The van der Waals surface area contributed by atoms with E-state index in [9.17, 15) is 8.78 Å². The highest BCUT2D eigenvalue weighted by atomic mass is 19.1. The van der Waals surface area contributed by atoms with E-state index >= 15 is 0 Å². The molecule has 0 saturated heterocycles. The van der Waals surface area contributed by atoms with E-state index in [2.05, 4.69) is 5.32 Å². The lowest BCUT2D eigenvalue weighted by Gasteiger charge is -2.14. The van der Waals surface area contributed by atoms with Crippen LogP contribution in [-0.4, -0.2) is 6.54 Å². The predicted octanol–water partition coefficient (Wildman–Crippen LogP) is 3.45. The van der Waals surface area contributed by atoms with E-state index in [1.54, 1.807) is 6.26 Å². The summed E-state index contributed by atoms with van der Waals surface area (Å²) in [4.78, 5) is 0. The Bertz CT molecular complexity index is 476. The highest BCUT2D eigenvalue weighted by molar-refractivity contribution is 5.20. The summed E-state index contributed by atoms with van der Waals surface area (Å²) in [5.74, 6) is -0.213. The summed E-state index contributed by atoms with van der Waals surface area (Å²) in [7, 11) is 0. The van der Waals surface area contributed by atoms with Crippen molar-refractivity contribution in [1.82, 2.24) is 5.32 Å². The summed E-state index contributed by atoms with van der Waals surface area (Å²) >= 11 is 0. The van der Waals surface area contributed by atoms with Crippen molar-refractivity contribution < 1.29 is 13.2 Å². The lowest BCUT2D eigenvalue weighted by Crippen LogP contribution is -2.21. The molecule has 2 aromatic rings. The Labute approximate surface area is 105 Å². The van der Waals surface area contributed by atoms with E-state index in [1.165, 1.54) is 12.1 Å². The molecule has 0 saturated carbocycles. The first kappa shape index (κ1) is 12.8. The molecule has 1 heterocycles. The second-order valence-corrected chi connectivity index (χ2v) is 4.21. The van der Waals surface area contributed by atoms with Gasteiger partial charge in [0.25, 0.3) is 0 Å². The van der Waals surface area contributed by atoms with Gasteiger partial charge in [-0.2, -0.15) is 0 Å². The van der Waals surface area contributed by atoms with Gasteiger partial charge in [-0.3, -0.25) is 0 Å². The van der Waals surface area contributed by atoms with Crippen molar-refractivity contribution in [3.05, 3.63) is 59.6 Å². The molecule has 0 bridgehead atoms. The lowest BCUT2D eigenvalue weighted by molar-refractivity contribution is 0.484. The van der Waals surface area contributed by atoms with Crippen LogP contribution in [0.4, 0.5) is 8.78 Å². The van der Waals surface area contributed by atoms with Gasteiger partial charge in [-0.25, -0.2) is 8.78 Å². The van der Waals surface area contributed by atoms with Gasteiger partial charge < -0.3 is 9.73 Å². The van der Waals surface area contributed by atoms with Gasteiger partial charge in [-0.05, 0) is 36.8 Å². The molecule has 1 unspecified atom stereocenters. The molecule has 2 nitrogen and oxygen atoms in total. The Hall–Kier alpha value is -1.68. The molecule has 18 heavy (non-hydrogen) atoms. The Morgan fingerprint density at radius 1 is 1.22 bits per heavy atom. The minimum absolute atomic E-state index is 0.106. The van der Waals surface area contributed by atoms with Crippen LogP contribution in [0.3, 0.4) is 0 Å². The van der Waals surface area contributed by atoms with Crippen molar-refractivity contribution >= 4 is 0 Å². The molecule has 1 N–H and O–H groups in total. The molecule has 2 rings (SSSR count). The lowest BCUT2D eigenvalue weighted by atomic mass is 10.1. The molecule has 96 valence electrons. The van der Waals surface area contributed by atoms with Gasteiger partial charge in [0.2, 0.25) is 0 Å². The standard InChI is InChI=1S/C14H15F2NO/c1-10(11-7-12(15)9-13(16)8-11)17-5-4-14-3-2-6-18-14/h2-3,6-10,17H,4-5H2,1H3. The zero-order valence-electron chi connectivity index (χ0n) is 10.1. The van der Waals surface area contributed by atoms with Crippen LogP contribution >= 0.6 is 0 Å². The number of hydrogen-bond acceptors (Lipinski definition) is 2. The van der Waals surface area contributed by atoms with Crippen LogP contribution in [-0.2, 0) is 6.42 Å². The highest BCUT2D eigenvalue weighted by Crippen LogP contribution is 2.15. The summed E-state index contributed by atoms with van der Waals surface area (Å²) in [6, 6.07) is 7.18. The highest BCUT2D eigenvalue weighted by Gasteiger charge is 2.08. The van der Waals surface area contributed by atoms with Gasteiger partial charge in [0, 0.05) is 25.1 Å². The molecule has 0 fully saturated rings. The van der Waals surface area contributed by atoms with Gasteiger partial charge in [-0.1, -0.05) is 0 Å². The molecule has 0 aliphatic heterocycles. The van der Waals surface area contributed by atoms with Crippen molar-refractivity contribution in [3.8, 4) is 0 Å². The Morgan fingerprint density at radius 3 is 2.56 bits per heavy atom. The maximum atomic E-state index is 13.1. The minimum Gasteiger partial charge on any atom is -0.469 e. The van der Waals surface area contributed by atoms with E-state index in [-0.39, 0.29) is 6.04 Å². The summed E-state index contributed by atoms with van der Waals surface area (Å²) in [5.41, 5.74) is 0.604. The van der Waals surface area contributed by atoms with E-state index in [0.29, 0.717) is 12.1 Å². The number of hydrogen-bond donors (Lipinski definition) is 1. The van der Waals surface area contributed by atoms with Crippen LogP contribution in [0.2, 0.25) is 0 Å². The molecule has 0 spiro atoms. The van der Waals surface area contributed by atoms with Crippen LogP contribution in [0.5, 0.6) is 0 Å². The van der Waals surface area contributed by atoms with Crippen molar-refractivity contribution in [1.29, 1.82) is 0 Å². The average molecular weight is 251 g/mol. The zero-order valence-corrected chi connectivity index (χ0v) is 10.1. The molecule has 0 aliphatic carbocycles. The fourth-order valence-electron chi connectivity index (χ4n) is 1.81. The quantitative estimate of drug-likeness (QED) is 0.880. The number of rotatable bonds is 5. The maximum Gasteiger partial charge on any atom is 0.126 e. The number of nitrogens with one attached hydrogen (secondary N) is 1. The van der Waals surface area contributed by atoms with Crippen molar-refractivity contribution in [2.75, 3.05) is 6.54 Å². The van der Waals surface area contributed by atoms with Gasteiger partial charge in [-0.15, -0.1) is 0 Å². The van der Waals surface area contributed by atoms with E-state index in [4.69, 9.17) is 4.42 Å².